The van der Waals surface area contributed by atoms with Crippen molar-refractivity contribution in [1.29, 1.82) is 0 Å². The van der Waals surface area contributed by atoms with Crippen LogP contribution < -0.4 is 10.0 Å². The molecule has 0 spiro atoms. The Morgan fingerprint density at radius 2 is 1.70 bits per heavy atom. The van der Waals surface area contributed by atoms with Crippen LogP contribution in [0.1, 0.15) is 48.1 Å². The van der Waals surface area contributed by atoms with E-state index in [0.29, 0.717) is 23.4 Å². The highest BCUT2D eigenvalue weighted by atomic mass is 32.2. The Bertz CT molecular complexity index is 960. The number of amides is 1. The topological polar surface area (TPSA) is 102 Å². The van der Waals surface area contributed by atoms with Gasteiger partial charge in [0.2, 0.25) is 15.9 Å². The number of ether oxygens (including phenoxy) is 1. The van der Waals surface area contributed by atoms with Crippen LogP contribution in [0.3, 0.4) is 0 Å². The van der Waals surface area contributed by atoms with Crippen LogP contribution in [0.15, 0.2) is 48.5 Å². The van der Waals surface area contributed by atoms with Crippen LogP contribution in [0.4, 0.5) is 10.1 Å². The molecular weight excluding hydrogens is 411 g/mol. The number of esters is 1. The highest BCUT2D eigenvalue weighted by Gasteiger charge is 2.20. The van der Waals surface area contributed by atoms with Gasteiger partial charge in [0, 0.05) is 12.1 Å². The molecule has 7 nitrogen and oxygen atoms in total. The van der Waals surface area contributed by atoms with Crippen molar-refractivity contribution in [2.75, 3.05) is 18.2 Å². The molecule has 0 aromatic heterocycles. The number of carbonyl (C=O) groups excluding carboxylic acids is 2. The van der Waals surface area contributed by atoms with Crippen LogP contribution in [0, 0.1) is 5.82 Å². The molecule has 9 heteroatoms. The average molecular weight is 437 g/mol. The van der Waals surface area contributed by atoms with Crippen molar-refractivity contribution >= 4 is 27.6 Å². The number of carbonyl (C=O) groups is 2. The maximum Gasteiger partial charge on any atom is 0.338 e. The van der Waals surface area contributed by atoms with E-state index < -0.39 is 33.8 Å². The molecular formula is C21H25FN2O5S. The average Bonchev–Trinajstić information content (AvgIpc) is 2.67. The summed E-state index contributed by atoms with van der Waals surface area (Å²) in [6, 6.07) is 10.6. The third-order valence-electron chi connectivity index (χ3n) is 4.15. The molecule has 2 aromatic rings. The minimum absolute atomic E-state index is 0.195. The summed E-state index contributed by atoms with van der Waals surface area (Å²) in [5, 5.41) is 2.66. The number of unbranched alkanes of at least 4 members (excludes halogenated alkanes) is 1. The lowest BCUT2D eigenvalue weighted by molar-refractivity contribution is -0.116. The van der Waals surface area contributed by atoms with Crippen molar-refractivity contribution < 1.29 is 27.1 Å². The molecule has 2 N–H and O–H groups in total. The Morgan fingerprint density at radius 1 is 1.07 bits per heavy atom. The molecule has 2 rings (SSSR count). The van der Waals surface area contributed by atoms with E-state index in [1.807, 2.05) is 6.92 Å². The summed E-state index contributed by atoms with van der Waals surface area (Å²) in [6.07, 6.45) is 2.50. The largest absolute Gasteiger partial charge is 0.462 e. The van der Waals surface area contributed by atoms with Gasteiger partial charge in [0.25, 0.3) is 0 Å². The van der Waals surface area contributed by atoms with Gasteiger partial charge in [-0.15, -0.1) is 0 Å². The van der Waals surface area contributed by atoms with E-state index in [1.54, 1.807) is 12.1 Å². The Labute approximate surface area is 175 Å². The first-order valence-corrected chi connectivity index (χ1v) is 11.4. The van der Waals surface area contributed by atoms with E-state index in [-0.39, 0.29) is 6.42 Å². The van der Waals surface area contributed by atoms with Crippen LogP contribution >= 0.6 is 0 Å². The SMILES string of the molecule is CCCCOC(=O)c1ccc(NC(=O)C[C@H](NS(C)(=O)=O)c2ccc(F)cc2)cc1. The number of anilines is 1. The Kier molecular flexibility index (Phi) is 8.49. The first-order valence-electron chi connectivity index (χ1n) is 9.47. The lowest BCUT2D eigenvalue weighted by Gasteiger charge is -2.18. The smallest absolute Gasteiger partial charge is 0.338 e. The number of hydrogen-bond acceptors (Lipinski definition) is 5. The first kappa shape index (κ1) is 23.5. The molecule has 0 unspecified atom stereocenters. The van der Waals surface area contributed by atoms with Gasteiger partial charge in [-0.05, 0) is 48.4 Å². The molecule has 0 aliphatic heterocycles. The monoisotopic (exact) mass is 436 g/mol. The van der Waals surface area contributed by atoms with Crippen molar-refractivity contribution in [3.63, 3.8) is 0 Å². The van der Waals surface area contributed by atoms with Gasteiger partial charge in [-0.25, -0.2) is 22.3 Å². The van der Waals surface area contributed by atoms with Crippen molar-refractivity contribution in [3.8, 4) is 0 Å². The molecule has 0 bridgehead atoms. The second kappa shape index (κ2) is 10.8. The van der Waals surface area contributed by atoms with Crippen molar-refractivity contribution in [1.82, 2.24) is 4.72 Å². The minimum Gasteiger partial charge on any atom is -0.462 e. The first-order chi connectivity index (χ1) is 14.2. The second-order valence-electron chi connectivity index (χ2n) is 6.81. The van der Waals surface area contributed by atoms with Crippen LogP contribution in [-0.2, 0) is 19.6 Å². The van der Waals surface area contributed by atoms with Crippen molar-refractivity contribution in [2.24, 2.45) is 0 Å². The minimum atomic E-state index is -3.60. The Balaban J connectivity index is 2.02. The molecule has 1 atom stereocenters. The normalized spacial score (nSPS) is 12.2. The summed E-state index contributed by atoms with van der Waals surface area (Å²) < 4.78 is 44.0. The van der Waals surface area contributed by atoms with E-state index in [9.17, 15) is 22.4 Å². The number of rotatable bonds is 10. The predicted molar refractivity (Wildman–Crippen MR) is 112 cm³/mol. The molecule has 0 aliphatic carbocycles. The lowest BCUT2D eigenvalue weighted by atomic mass is 10.0. The fourth-order valence-electron chi connectivity index (χ4n) is 2.66. The molecule has 162 valence electrons. The fourth-order valence-corrected chi connectivity index (χ4v) is 3.40. The highest BCUT2D eigenvalue weighted by Crippen LogP contribution is 2.20. The number of nitrogens with one attached hydrogen (secondary N) is 2. The van der Waals surface area contributed by atoms with Gasteiger partial charge in [-0.1, -0.05) is 25.5 Å². The van der Waals surface area contributed by atoms with E-state index in [1.165, 1.54) is 36.4 Å². The molecule has 30 heavy (non-hydrogen) atoms. The van der Waals surface area contributed by atoms with Crippen molar-refractivity contribution in [2.45, 2.75) is 32.2 Å². The zero-order chi connectivity index (χ0) is 22.1. The maximum atomic E-state index is 13.2. The van der Waals surface area contributed by atoms with E-state index in [0.717, 1.165) is 19.1 Å². The molecule has 2 aromatic carbocycles. The highest BCUT2D eigenvalue weighted by molar-refractivity contribution is 7.88. The molecule has 0 heterocycles. The number of sulfonamides is 1. The van der Waals surface area contributed by atoms with Crippen LogP contribution in [0.2, 0.25) is 0 Å². The third-order valence-corrected chi connectivity index (χ3v) is 4.87. The molecule has 0 radical (unpaired) electrons. The third kappa shape index (κ3) is 7.92. The summed E-state index contributed by atoms with van der Waals surface area (Å²) >= 11 is 0. The molecule has 0 saturated carbocycles. The van der Waals surface area contributed by atoms with E-state index in [2.05, 4.69) is 10.0 Å². The number of hydrogen-bond donors (Lipinski definition) is 2. The Hall–Kier alpha value is -2.78. The molecule has 0 saturated heterocycles. The number of benzene rings is 2. The summed E-state index contributed by atoms with van der Waals surface area (Å²) in [4.78, 5) is 24.3. The quantitative estimate of drug-likeness (QED) is 0.439. The van der Waals surface area contributed by atoms with Gasteiger partial charge >= 0.3 is 5.97 Å². The zero-order valence-electron chi connectivity index (χ0n) is 16.9. The standard InChI is InChI=1S/C21H25FN2O5S/c1-3-4-13-29-21(26)16-7-11-18(12-8-16)23-20(25)14-19(24-30(2,27)28)15-5-9-17(22)10-6-15/h5-12,19,24H,3-4,13-14H2,1-2H3,(H,23,25)/t19-/m0/s1. The summed E-state index contributed by atoms with van der Waals surface area (Å²) in [5.74, 6) is -1.34. The van der Waals surface area contributed by atoms with Gasteiger partial charge < -0.3 is 10.1 Å². The van der Waals surface area contributed by atoms with Gasteiger partial charge in [-0.3, -0.25) is 4.79 Å². The van der Waals surface area contributed by atoms with Gasteiger partial charge in [0.15, 0.2) is 0 Å². The van der Waals surface area contributed by atoms with Gasteiger partial charge in [-0.2, -0.15) is 0 Å². The van der Waals surface area contributed by atoms with Gasteiger partial charge in [0.05, 0.1) is 24.5 Å². The van der Waals surface area contributed by atoms with Crippen LogP contribution in [0.5, 0.6) is 0 Å². The van der Waals surface area contributed by atoms with Crippen molar-refractivity contribution in [3.05, 3.63) is 65.5 Å². The molecule has 1 amide bonds. The molecule has 0 aliphatic rings. The Morgan fingerprint density at radius 3 is 2.27 bits per heavy atom. The summed E-state index contributed by atoms with van der Waals surface area (Å²) in [7, 11) is -3.60. The van der Waals surface area contributed by atoms with E-state index in [4.69, 9.17) is 4.74 Å². The molecule has 0 fully saturated rings. The number of halogens is 1. The van der Waals surface area contributed by atoms with E-state index >= 15 is 0 Å². The van der Waals surface area contributed by atoms with Crippen LogP contribution in [-0.4, -0.2) is 33.2 Å². The fraction of sp³-hybridized carbons (Fsp3) is 0.333. The van der Waals surface area contributed by atoms with Gasteiger partial charge in [0.1, 0.15) is 5.82 Å². The summed E-state index contributed by atoms with van der Waals surface area (Å²) in [5.41, 5.74) is 1.27. The maximum absolute atomic E-state index is 13.2. The second-order valence-corrected chi connectivity index (χ2v) is 8.59. The zero-order valence-corrected chi connectivity index (χ0v) is 17.7. The van der Waals surface area contributed by atoms with Crippen LogP contribution in [0.25, 0.3) is 0 Å². The predicted octanol–water partition coefficient (Wildman–Crippen LogP) is 3.40. The summed E-state index contributed by atoms with van der Waals surface area (Å²) in [6.45, 7) is 2.35. The lowest BCUT2D eigenvalue weighted by Crippen LogP contribution is -2.30.